The third-order valence-electron chi connectivity index (χ3n) is 6.15. The Hall–Kier alpha value is -3.18. The van der Waals surface area contributed by atoms with Crippen molar-refractivity contribution in [2.45, 2.75) is 44.7 Å². The average Bonchev–Trinajstić information content (AvgIpc) is 3.31. The van der Waals surface area contributed by atoms with E-state index >= 15 is 0 Å². The predicted octanol–water partition coefficient (Wildman–Crippen LogP) is 3.86. The first-order valence-electron chi connectivity index (χ1n) is 12.2. The van der Waals surface area contributed by atoms with E-state index in [2.05, 4.69) is 43.9 Å². The van der Waals surface area contributed by atoms with E-state index in [1.54, 1.807) is 18.2 Å². The van der Waals surface area contributed by atoms with Gasteiger partial charge in [0.05, 0.1) is 29.3 Å². The van der Waals surface area contributed by atoms with Crippen molar-refractivity contribution in [3.8, 4) is 0 Å². The van der Waals surface area contributed by atoms with E-state index in [9.17, 15) is 8.76 Å². The number of benzene rings is 1. The molecular weight excluding hydrogens is 474 g/mol. The number of para-hydroxylation sites is 2. The highest BCUT2D eigenvalue weighted by Crippen LogP contribution is 2.33. The van der Waals surface area contributed by atoms with Crippen LogP contribution in [-0.4, -0.2) is 46.7 Å². The molecule has 190 valence electrons. The Bertz CT molecular complexity index is 1220. The Morgan fingerprint density at radius 1 is 1.08 bits per heavy atom. The summed E-state index contributed by atoms with van der Waals surface area (Å²) in [5.41, 5.74) is 10.5. The van der Waals surface area contributed by atoms with Gasteiger partial charge in [0.15, 0.2) is 0 Å². The Kier molecular flexibility index (Phi) is 9.51. The van der Waals surface area contributed by atoms with Crippen molar-refractivity contribution in [2.24, 2.45) is 5.73 Å². The number of rotatable bonds is 9. The van der Waals surface area contributed by atoms with Gasteiger partial charge >= 0.3 is 0 Å². The molecule has 36 heavy (non-hydrogen) atoms. The SMILES string of the molecule is NCCCCN(Cc1nc2ccccc2[nH]1)C1CCCc2cccnc21.O=S([O-])Nc1ccccn1. The van der Waals surface area contributed by atoms with Gasteiger partial charge in [-0.1, -0.05) is 24.3 Å². The summed E-state index contributed by atoms with van der Waals surface area (Å²) in [5, 5.41) is 0. The van der Waals surface area contributed by atoms with Crippen molar-refractivity contribution in [3.63, 3.8) is 0 Å². The van der Waals surface area contributed by atoms with Crippen LogP contribution in [0.25, 0.3) is 11.0 Å². The lowest BCUT2D eigenvalue weighted by Crippen LogP contribution is -2.33. The Morgan fingerprint density at radius 3 is 2.69 bits per heavy atom. The molecule has 1 aliphatic carbocycles. The van der Waals surface area contributed by atoms with Crippen LogP contribution in [0.5, 0.6) is 0 Å². The molecule has 0 saturated carbocycles. The lowest BCUT2D eigenvalue weighted by Gasteiger charge is -2.34. The van der Waals surface area contributed by atoms with Crippen molar-refractivity contribution in [3.05, 3.63) is 84.1 Å². The van der Waals surface area contributed by atoms with Crippen LogP contribution in [0.4, 0.5) is 5.82 Å². The predicted molar refractivity (Wildman–Crippen MR) is 141 cm³/mol. The Labute approximate surface area is 214 Å². The zero-order chi connectivity index (χ0) is 25.2. The number of aromatic nitrogens is 4. The van der Waals surface area contributed by atoms with E-state index in [0.29, 0.717) is 11.9 Å². The number of nitrogens with two attached hydrogens (primary N) is 1. The summed E-state index contributed by atoms with van der Waals surface area (Å²) in [6.45, 7) is 2.59. The molecule has 0 saturated heterocycles. The second kappa shape index (κ2) is 13.2. The first-order valence-corrected chi connectivity index (χ1v) is 13.3. The highest BCUT2D eigenvalue weighted by atomic mass is 32.2. The molecule has 0 fully saturated rings. The number of fused-ring (bicyclic) bond motifs is 2. The van der Waals surface area contributed by atoms with Gasteiger partial charge in [0.2, 0.25) is 0 Å². The molecule has 2 unspecified atom stereocenters. The summed E-state index contributed by atoms with van der Waals surface area (Å²) >= 11 is -2.28. The molecular formula is C26H32N7O2S-. The van der Waals surface area contributed by atoms with E-state index in [-0.39, 0.29) is 0 Å². The zero-order valence-corrected chi connectivity index (χ0v) is 21.0. The second-order valence-corrected chi connectivity index (χ2v) is 9.35. The van der Waals surface area contributed by atoms with E-state index in [4.69, 9.17) is 15.7 Å². The highest BCUT2D eigenvalue weighted by molar-refractivity contribution is 7.80. The van der Waals surface area contributed by atoms with Gasteiger partial charge in [-0.3, -0.25) is 14.1 Å². The normalized spacial score (nSPS) is 15.7. The molecule has 3 heterocycles. The molecule has 5 rings (SSSR count). The van der Waals surface area contributed by atoms with Crippen LogP contribution in [0, 0.1) is 0 Å². The van der Waals surface area contributed by atoms with E-state index in [0.717, 1.165) is 62.2 Å². The molecule has 4 aromatic rings. The molecule has 3 aromatic heterocycles. The largest absolute Gasteiger partial charge is 0.755 e. The van der Waals surface area contributed by atoms with Crippen LogP contribution in [0.15, 0.2) is 67.0 Å². The van der Waals surface area contributed by atoms with Gasteiger partial charge in [-0.2, -0.15) is 0 Å². The summed E-state index contributed by atoms with van der Waals surface area (Å²) in [4.78, 5) is 19.3. The molecule has 4 N–H and O–H groups in total. The highest BCUT2D eigenvalue weighted by Gasteiger charge is 2.27. The van der Waals surface area contributed by atoms with Gasteiger partial charge in [0.1, 0.15) is 11.6 Å². The van der Waals surface area contributed by atoms with Crippen LogP contribution in [0.1, 0.15) is 48.8 Å². The summed E-state index contributed by atoms with van der Waals surface area (Å²) in [7, 11) is 0. The number of nitrogens with zero attached hydrogens (tertiary/aromatic N) is 4. The molecule has 2 atom stereocenters. The molecule has 0 radical (unpaired) electrons. The van der Waals surface area contributed by atoms with Crippen molar-refractivity contribution < 1.29 is 8.76 Å². The number of imidazole rings is 1. The molecule has 0 bridgehead atoms. The monoisotopic (exact) mass is 506 g/mol. The van der Waals surface area contributed by atoms with Crippen LogP contribution >= 0.6 is 0 Å². The minimum atomic E-state index is -2.28. The van der Waals surface area contributed by atoms with Gasteiger partial charge in [0, 0.05) is 23.7 Å². The van der Waals surface area contributed by atoms with Crippen molar-refractivity contribution >= 4 is 28.1 Å². The minimum Gasteiger partial charge on any atom is -0.755 e. The Morgan fingerprint density at radius 2 is 1.92 bits per heavy atom. The van der Waals surface area contributed by atoms with Crippen molar-refractivity contribution in [1.82, 2.24) is 24.8 Å². The van der Waals surface area contributed by atoms with Crippen molar-refractivity contribution in [1.29, 1.82) is 0 Å². The standard InChI is InChI=1S/C21H27N5.C5H6N2O2S/c22-12-3-4-14-26(15-20-24-17-9-1-2-10-18(17)25-20)19-11-5-7-16-8-6-13-23-21(16)19;8-10(9)7-5-3-1-2-4-6-5/h1-2,6,8-10,13,19H,3-5,7,11-12,14-15,22H2,(H,24,25);1-4H,(H,6,7)(H,8,9)/p-1. The number of unbranched alkanes of at least 4 members (excludes halogenated alkanes) is 1. The molecule has 0 aliphatic heterocycles. The fraction of sp³-hybridized carbons (Fsp3) is 0.346. The third kappa shape index (κ3) is 7.17. The lowest BCUT2D eigenvalue weighted by molar-refractivity contribution is 0.159. The molecule has 10 heteroatoms. The zero-order valence-electron chi connectivity index (χ0n) is 20.2. The number of anilines is 1. The molecule has 1 aliphatic rings. The maximum atomic E-state index is 10.0. The molecule has 0 amide bonds. The number of pyridine rings is 2. The van der Waals surface area contributed by atoms with Gasteiger partial charge < -0.3 is 20.0 Å². The van der Waals surface area contributed by atoms with E-state index < -0.39 is 11.3 Å². The number of hydrogen-bond donors (Lipinski definition) is 3. The quantitative estimate of drug-likeness (QED) is 0.232. The van der Waals surface area contributed by atoms with Crippen LogP contribution in [-0.2, 0) is 24.2 Å². The number of H-pyrrole nitrogens is 1. The molecule has 0 spiro atoms. The number of aromatic amines is 1. The Balaban J connectivity index is 0.000000256. The fourth-order valence-electron chi connectivity index (χ4n) is 4.53. The topological polar surface area (TPSA) is 136 Å². The molecule has 1 aromatic carbocycles. The summed E-state index contributed by atoms with van der Waals surface area (Å²) in [6, 6.07) is 17.8. The first kappa shape index (κ1) is 25.9. The van der Waals surface area contributed by atoms with Gasteiger partial charge in [-0.05, 0) is 81.1 Å². The van der Waals surface area contributed by atoms with E-state index in [1.165, 1.54) is 23.9 Å². The summed E-state index contributed by atoms with van der Waals surface area (Å²) < 4.78 is 22.1. The van der Waals surface area contributed by atoms with Gasteiger partial charge in [0.25, 0.3) is 0 Å². The molecule has 9 nitrogen and oxygen atoms in total. The first-order chi connectivity index (χ1) is 17.6. The van der Waals surface area contributed by atoms with Gasteiger partial charge in [-0.25, -0.2) is 9.97 Å². The van der Waals surface area contributed by atoms with Gasteiger partial charge in [-0.15, -0.1) is 0 Å². The van der Waals surface area contributed by atoms with Crippen LogP contribution < -0.4 is 10.5 Å². The number of nitrogens with one attached hydrogen (secondary N) is 2. The summed E-state index contributed by atoms with van der Waals surface area (Å²) in [6.07, 6.45) is 9.12. The smallest absolute Gasteiger partial charge is 0.136 e. The maximum Gasteiger partial charge on any atom is 0.136 e. The maximum absolute atomic E-state index is 10.0. The lowest BCUT2D eigenvalue weighted by atomic mass is 9.90. The van der Waals surface area contributed by atoms with Crippen LogP contribution in [0.2, 0.25) is 0 Å². The minimum absolute atomic E-state index is 0.329. The number of aryl methyl sites for hydroxylation is 1. The van der Waals surface area contributed by atoms with Crippen LogP contribution in [0.3, 0.4) is 0 Å². The summed E-state index contributed by atoms with van der Waals surface area (Å²) in [5.74, 6) is 1.36. The third-order valence-corrected chi connectivity index (χ3v) is 6.53. The second-order valence-electron chi connectivity index (χ2n) is 8.67. The average molecular weight is 507 g/mol. The van der Waals surface area contributed by atoms with E-state index in [1.807, 2.05) is 18.3 Å². The van der Waals surface area contributed by atoms with Crippen molar-refractivity contribution in [2.75, 3.05) is 17.8 Å². The number of hydrogen-bond acceptors (Lipinski definition) is 7. The fourth-order valence-corrected chi connectivity index (χ4v) is 4.82.